The van der Waals surface area contributed by atoms with Gasteiger partial charge in [-0.05, 0) is 26.4 Å². The minimum Gasteiger partial charge on any atom is -0.478 e. The first-order chi connectivity index (χ1) is 7.13. The number of likely N-dealkylation sites (N-methyl/N-ethyl adjacent to an activating group) is 1. The topological polar surface area (TPSA) is 43.8 Å². The molecule has 1 aliphatic heterocycles. The van der Waals surface area contributed by atoms with Crippen LogP contribution >= 0.6 is 0 Å². The van der Waals surface area contributed by atoms with Gasteiger partial charge in [0.05, 0.1) is 0 Å². The highest BCUT2D eigenvalue weighted by Crippen LogP contribution is 2.09. The Balaban J connectivity index is 2.54. The molecule has 0 aliphatic carbocycles. The van der Waals surface area contributed by atoms with Crippen LogP contribution in [0.15, 0.2) is 12.3 Å². The predicted molar refractivity (Wildman–Crippen MR) is 59.7 cm³/mol. The van der Waals surface area contributed by atoms with E-state index in [2.05, 4.69) is 23.6 Å². The molecule has 1 rings (SSSR count). The van der Waals surface area contributed by atoms with E-state index in [4.69, 9.17) is 5.11 Å². The van der Waals surface area contributed by atoms with Crippen molar-refractivity contribution in [3.05, 3.63) is 12.3 Å². The van der Waals surface area contributed by atoms with Crippen LogP contribution in [0.4, 0.5) is 0 Å². The summed E-state index contributed by atoms with van der Waals surface area (Å²) >= 11 is 0. The molecule has 0 aromatic heterocycles. The number of aliphatic carboxylic acids is 1. The Hall–Kier alpha value is -1.03. The van der Waals surface area contributed by atoms with Crippen molar-refractivity contribution >= 4 is 5.97 Å². The molecule has 0 spiro atoms. The van der Waals surface area contributed by atoms with Crippen molar-refractivity contribution in [3.63, 3.8) is 0 Å². The van der Waals surface area contributed by atoms with E-state index in [0.717, 1.165) is 32.6 Å². The lowest BCUT2D eigenvalue weighted by Gasteiger charge is -2.27. The van der Waals surface area contributed by atoms with E-state index >= 15 is 0 Å². The number of carbonyl (C=O) groups is 1. The molecule has 1 atom stereocenters. The Labute approximate surface area is 91.2 Å². The minimum atomic E-state index is -0.876. The van der Waals surface area contributed by atoms with E-state index in [1.54, 1.807) is 6.20 Å². The van der Waals surface area contributed by atoms with Gasteiger partial charge in [-0.15, -0.1) is 0 Å². The first-order valence-corrected chi connectivity index (χ1v) is 5.52. The van der Waals surface area contributed by atoms with Crippen molar-refractivity contribution in [1.29, 1.82) is 0 Å². The third-order valence-corrected chi connectivity index (χ3v) is 2.84. The standard InChI is InChI=1S/C11H20N2O2/c1-3-12-6-4-7-13(10(2)9-12)8-5-11(14)15/h5,8,10H,3-4,6-7,9H2,1-2H3,(H,14,15)/b8-5+. The van der Waals surface area contributed by atoms with E-state index in [9.17, 15) is 4.79 Å². The van der Waals surface area contributed by atoms with Crippen LogP contribution in [0.2, 0.25) is 0 Å². The Kier molecular flexibility index (Phi) is 4.62. The van der Waals surface area contributed by atoms with E-state index < -0.39 is 5.97 Å². The third kappa shape index (κ3) is 3.91. The van der Waals surface area contributed by atoms with Gasteiger partial charge in [-0.3, -0.25) is 0 Å². The second-order valence-electron chi connectivity index (χ2n) is 3.99. The van der Waals surface area contributed by atoms with Gasteiger partial charge >= 0.3 is 5.97 Å². The Morgan fingerprint density at radius 3 is 2.87 bits per heavy atom. The SMILES string of the molecule is CCN1CCCN(/C=C/C(=O)O)C(C)C1. The normalized spacial score (nSPS) is 24.4. The molecule has 4 nitrogen and oxygen atoms in total. The van der Waals surface area contributed by atoms with Crippen LogP contribution in [0, 0.1) is 0 Å². The quantitative estimate of drug-likeness (QED) is 0.709. The van der Waals surface area contributed by atoms with E-state index in [1.165, 1.54) is 6.08 Å². The van der Waals surface area contributed by atoms with Crippen LogP contribution in [0.25, 0.3) is 0 Å². The highest BCUT2D eigenvalue weighted by atomic mass is 16.4. The molecule has 0 saturated carbocycles. The highest BCUT2D eigenvalue weighted by molar-refractivity contribution is 5.79. The summed E-state index contributed by atoms with van der Waals surface area (Å²) in [6.07, 6.45) is 4.02. The average molecular weight is 212 g/mol. The molecule has 1 saturated heterocycles. The molecule has 1 unspecified atom stereocenters. The van der Waals surface area contributed by atoms with Crippen LogP contribution in [-0.4, -0.2) is 53.1 Å². The lowest BCUT2D eigenvalue weighted by molar-refractivity contribution is -0.131. The molecule has 0 radical (unpaired) electrons. The summed E-state index contributed by atoms with van der Waals surface area (Å²) in [7, 11) is 0. The number of carboxylic acids is 1. The van der Waals surface area contributed by atoms with E-state index in [1.807, 2.05) is 0 Å². The third-order valence-electron chi connectivity index (χ3n) is 2.84. The molecular weight excluding hydrogens is 192 g/mol. The zero-order chi connectivity index (χ0) is 11.3. The van der Waals surface area contributed by atoms with Crippen LogP contribution in [-0.2, 0) is 4.79 Å². The number of hydrogen-bond donors (Lipinski definition) is 1. The fraction of sp³-hybridized carbons (Fsp3) is 0.727. The number of rotatable bonds is 3. The molecule has 86 valence electrons. The lowest BCUT2D eigenvalue weighted by atomic mass is 10.3. The van der Waals surface area contributed by atoms with Gasteiger partial charge in [-0.2, -0.15) is 0 Å². The van der Waals surface area contributed by atoms with Gasteiger partial charge in [0, 0.05) is 31.4 Å². The van der Waals surface area contributed by atoms with E-state index in [0.29, 0.717) is 6.04 Å². The van der Waals surface area contributed by atoms with Gasteiger partial charge in [-0.25, -0.2) is 4.79 Å². The number of nitrogens with zero attached hydrogens (tertiary/aromatic N) is 2. The summed E-state index contributed by atoms with van der Waals surface area (Å²) in [5.74, 6) is -0.876. The molecule has 0 amide bonds. The van der Waals surface area contributed by atoms with Gasteiger partial charge in [0.15, 0.2) is 0 Å². The lowest BCUT2D eigenvalue weighted by Crippen LogP contribution is -2.36. The van der Waals surface area contributed by atoms with Crippen molar-refractivity contribution in [3.8, 4) is 0 Å². The molecule has 0 bridgehead atoms. The molecule has 1 heterocycles. The van der Waals surface area contributed by atoms with Crippen molar-refractivity contribution in [2.24, 2.45) is 0 Å². The van der Waals surface area contributed by atoms with Gasteiger partial charge in [0.1, 0.15) is 0 Å². The Bertz CT molecular complexity index is 241. The van der Waals surface area contributed by atoms with Gasteiger partial charge in [0.25, 0.3) is 0 Å². The minimum absolute atomic E-state index is 0.392. The van der Waals surface area contributed by atoms with Crippen LogP contribution in [0.1, 0.15) is 20.3 Å². The Morgan fingerprint density at radius 1 is 1.53 bits per heavy atom. The monoisotopic (exact) mass is 212 g/mol. The number of carboxylic acid groups (broad SMARTS) is 1. The summed E-state index contributed by atoms with van der Waals surface area (Å²) < 4.78 is 0. The summed E-state index contributed by atoms with van der Waals surface area (Å²) in [4.78, 5) is 14.9. The summed E-state index contributed by atoms with van der Waals surface area (Å²) in [6, 6.07) is 0.392. The predicted octanol–water partition coefficient (Wildman–Crippen LogP) is 1.00. The van der Waals surface area contributed by atoms with Crippen molar-refractivity contribution in [1.82, 2.24) is 9.80 Å². The fourth-order valence-electron chi connectivity index (χ4n) is 1.94. The fourth-order valence-corrected chi connectivity index (χ4v) is 1.94. The maximum atomic E-state index is 10.4. The summed E-state index contributed by atoms with van der Waals surface area (Å²) in [5, 5.41) is 8.57. The maximum absolute atomic E-state index is 10.4. The smallest absolute Gasteiger partial charge is 0.329 e. The second-order valence-corrected chi connectivity index (χ2v) is 3.99. The molecule has 15 heavy (non-hydrogen) atoms. The van der Waals surface area contributed by atoms with Crippen LogP contribution in [0.3, 0.4) is 0 Å². The van der Waals surface area contributed by atoms with Crippen molar-refractivity contribution in [2.45, 2.75) is 26.3 Å². The van der Waals surface area contributed by atoms with Crippen LogP contribution in [0.5, 0.6) is 0 Å². The highest BCUT2D eigenvalue weighted by Gasteiger charge is 2.17. The average Bonchev–Trinajstić information content (AvgIpc) is 2.37. The molecule has 0 aromatic rings. The Morgan fingerprint density at radius 2 is 2.27 bits per heavy atom. The molecule has 4 heteroatoms. The van der Waals surface area contributed by atoms with Crippen molar-refractivity contribution in [2.75, 3.05) is 26.2 Å². The van der Waals surface area contributed by atoms with Gasteiger partial charge in [-0.1, -0.05) is 6.92 Å². The van der Waals surface area contributed by atoms with Gasteiger partial charge < -0.3 is 14.9 Å². The number of hydrogen-bond acceptors (Lipinski definition) is 3. The first-order valence-electron chi connectivity index (χ1n) is 5.52. The molecular formula is C11H20N2O2. The maximum Gasteiger partial charge on any atom is 0.329 e. The second kappa shape index (κ2) is 5.75. The van der Waals surface area contributed by atoms with Gasteiger partial charge in [0.2, 0.25) is 0 Å². The van der Waals surface area contributed by atoms with E-state index in [-0.39, 0.29) is 0 Å². The van der Waals surface area contributed by atoms with Crippen LogP contribution < -0.4 is 0 Å². The molecule has 0 aromatic carbocycles. The molecule has 1 aliphatic rings. The first kappa shape index (κ1) is 12.0. The summed E-state index contributed by atoms with van der Waals surface area (Å²) in [6.45, 7) is 8.44. The largest absolute Gasteiger partial charge is 0.478 e. The molecule has 1 fully saturated rings. The summed E-state index contributed by atoms with van der Waals surface area (Å²) in [5.41, 5.74) is 0. The van der Waals surface area contributed by atoms with Crippen molar-refractivity contribution < 1.29 is 9.90 Å². The molecule has 1 N–H and O–H groups in total. The zero-order valence-electron chi connectivity index (χ0n) is 9.52. The zero-order valence-corrected chi connectivity index (χ0v) is 9.52.